The average Bonchev–Trinajstić information content (AvgIpc) is 2.35. The van der Waals surface area contributed by atoms with Crippen LogP contribution >= 0.6 is 0 Å². The Labute approximate surface area is 108 Å². The molecule has 0 aliphatic carbocycles. The molecule has 0 radical (unpaired) electrons. The van der Waals surface area contributed by atoms with Crippen molar-refractivity contribution < 1.29 is 0 Å². The first-order valence-corrected chi connectivity index (χ1v) is 7.37. The van der Waals surface area contributed by atoms with E-state index in [1.807, 2.05) is 0 Å². The van der Waals surface area contributed by atoms with Crippen LogP contribution in [0, 0.1) is 0 Å². The van der Waals surface area contributed by atoms with Crippen LogP contribution in [0.1, 0.15) is 40.5 Å². The quantitative estimate of drug-likeness (QED) is 0.733. The van der Waals surface area contributed by atoms with Crippen LogP contribution in [0.2, 0.25) is 0 Å². The first kappa shape index (κ1) is 14.9. The van der Waals surface area contributed by atoms with Crippen LogP contribution in [0.3, 0.4) is 0 Å². The van der Waals surface area contributed by atoms with Gasteiger partial charge >= 0.3 is 0 Å². The molecular weight excluding hydrogens is 210 g/mol. The van der Waals surface area contributed by atoms with Crippen molar-refractivity contribution in [2.24, 2.45) is 0 Å². The summed E-state index contributed by atoms with van der Waals surface area (Å²) in [5, 5.41) is 3.65. The van der Waals surface area contributed by atoms with Crippen molar-refractivity contribution in [1.29, 1.82) is 0 Å². The van der Waals surface area contributed by atoms with E-state index in [0.717, 1.165) is 6.54 Å². The van der Waals surface area contributed by atoms with Gasteiger partial charge in [0.25, 0.3) is 0 Å². The van der Waals surface area contributed by atoms with E-state index in [1.54, 1.807) is 0 Å². The Kier molecular flexibility index (Phi) is 7.09. The Morgan fingerprint density at radius 2 is 1.59 bits per heavy atom. The molecule has 102 valence electrons. The molecular formula is C14H31N3. The van der Waals surface area contributed by atoms with Gasteiger partial charge in [-0.05, 0) is 26.7 Å². The monoisotopic (exact) mass is 241 g/mol. The van der Waals surface area contributed by atoms with Crippen molar-refractivity contribution >= 4 is 0 Å². The second kappa shape index (κ2) is 8.06. The Bertz CT molecular complexity index is 182. The van der Waals surface area contributed by atoms with Gasteiger partial charge in [0.05, 0.1) is 0 Å². The van der Waals surface area contributed by atoms with Crippen LogP contribution in [0.4, 0.5) is 0 Å². The summed E-state index contributed by atoms with van der Waals surface area (Å²) in [6.07, 6.45) is 2.50. The largest absolute Gasteiger partial charge is 0.313 e. The molecule has 0 unspecified atom stereocenters. The molecule has 1 aliphatic rings. The van der Waals surface area contributed by atoms with Gasteiger partial charge in [-0.15, -0.1) is 0 Å². The zero-order chi connectivity index (χ0) is 12.7. The molecule has 1 saturated heterocycles. The molecule has 0 atom stereocenters. The molecule has 1 N–H and O–H groups in total. The molecule has 0 bridgehead atoms. The average molecular weight is 241 g/mol. The fraction of sp³-hybridized carbons (Fsp3) is 1.00. The van der Waals surface area contributed by atoms with Crippen molar-refractivity contribution in [2.75, 3.05) is 39.3 Å². The van der Waals surface area contributed by atoms with Crippen LogP contribution in [0.15, 0.2) is 0 Å². The highest BCUT2D eigenvalue weighted by Gasteiger charge is 2.18. The molecule has 0 amide bonds. The third-order valence-electron chi connectivity index (χ3n) is 3.98. The van der Waals surface area contributed by atoms with Gasteiger partial charge in [0.15, 0.2) is 0 Å². The van der Waals surface area contributed by atoms with Crippen molar-refractivity contribution in [1.82, 2.24) is 15.1 Å². The zero-order valence-electron chi connectivity index (χ0n) is 12.2. The van der Waals surface area contributed by atoms with Gasteiger partial charge in [-0.25, -0.2) is 0 Å². The normalized spacial score (nSPS) is 19.4. The second-order valence-corrected chi connectivity index (χ2v) is 5.44. The minimum Gasteiger partial charge on any atom is -0.313 e. The van der Waals surface area contributed by atoms with E-state index < -0.39 is 0 Å². The third kappa shape index (κ3) is 5.36. The molecule has 17 heavy (non-hydrogen) atoms. The molecule has 0 aromatic heterocycles. The predicted octanol–water partition coefficient (Wildman–Crippen LogP) is 1.79. The molecule has 0 saturated carbocycles. The van der Waals surface area contributed by atoms with Gasteiger partial charge < -0.3 is 5.32 Å². The Hall–Kier alpha value is -0.120. The first-order chi connectivity index (χ1) is 8.17. The molecule has 3 nitrogen and oxygen atoms in total. The van der Waals surface area contributed by atoms with Crippen molar-refractivity contribution in [2.45, 2.75) is 52.6 Å². The summed E-state index contributed by atoms with van der Waals surface area (Å²) in [7, 11) is 0. The van der Waals surface area contributed by atoms with Gasteiger partial charge in [-0.3, -0.25) is 9.80 Å². The zero-order valence-corrected chi connectivity index (χ0v) is 12.2. The van der Waals surface area contributed by atoms with Gasteiger partial charge in [-0.1, -0.05) is 13.8 Å². The summed E-state index contributed by atoms with van der Waals surface area (Å²) in [6, 6.07) is 1.42. The second-order valence-electron chi connectivity index (χ2n) is 5.44. The van der Waals surface area contributed by atoms with E-state index in [1.165, 1.54) is 45.6 Å². The first-order valence-electron chi connectivity index (χ1n) is 7.37. The number of nitrogens with zero attached hydrogens (tertiary/aromatic N) is 2. The van der Waals surface area contributed by atoms with Crippen LogP contribution in [-0.2, 0) is 0 Å². The van der Waals surface area contributed by atoms with E-state index >= 15 is 0 Å². The lowest BCUT2D eigenvalue weighted by Crippen LogP contribution is -2.50. The van der Waals surface area contributed by atoms with E-state index in [4.69, 9.17) is 0 Å². The number of hydrogen-bond donors (Lipinski definition) is 1. The van der Waals surface area contributed by atoms with Crippen LogP contribution in [0.25, 0.3) is 0 Å². The summed E-state index contributed by atoms with van der Waals surface area (Å²) in [4.78, 5) is 5.17. The molecule has 1 heterocycles. The highest BCUT2D eigenvalue weighted by atomic mass is 15.3. The fourth-order valence-electron chi connectivity index (χ4n) is 2.51. The van der Waals surface area contributed by atoms with Crippen molar-refractivity contribution in [3.63, 3.8) is 0 Å². The SMILES string of the molecule is CCC(CC)NCCN1CCN(C(C)C)CC1. The minimum atomic E-state index is 0.708. The number of nitrogens with one attached hydrogen (secondary N) is 1. The molecule has 0 aromatic carbocycles. The lowest BCUT2D eigenvalue weighted by molar-refractivity contribution is 0.108. The molecule has 1 fully saturated rings. The smallest absolute Gasteiger partial charge is 0.0113 e. The molecule has 1 aliphatic heterocycles. The summed E-state index contributed by atoms with van der Waals surface area (Å²) in [5.41, 5.74) is 0. The van der Waals surface area contributed by atoms with Crippen LogP contribution in [0.5, 0.6) is 0 Å². The molecule has 1 rings (SSSR count). The minimum absolute atomic E-state index is 0.708. The summed E-state index contributed by atoms with van der Waals surface area (Å²) >= 11 is 0. The topological polar surface area (TPSA) is 18.5 Å². The lowest BCUT2D eigenvalue weighted by Gasteiger charge is -2.37. The standard InChI is InChI=1S/C14H31N3/c1-5-14(6-2)15-7-8-16-9-11-17(12-10-16)13(3)4/h13-15H,5-12H2,1-4H3. The molecule has 0 spiro atoms. The predicted molar refractivity (Wildman–Crippen MR) is 75.5 cm³/mol. The number of hydrogen-bond acceptors (Lipinski definition) is 3. The highest BCUT2D eigenvalue weighted by Crippen LogP contribution is 2.05. The number of rotatable bonds is 7. The molecule has 0 aromatic rings. The Morgan fingerprint density at radius 3 is 2.06 bits per heavy atom. The number of piperazine rings is 1. The summed E-state index contributed by atoms with van der Waals surface area (Å²) in [5.74, 6) is 0. The van der Waals surface area contributed by atoms with Crippen LogP contribution < -0.4 is 5.32 Å². The Morgan fingerprint density at radius 1 is 1.00 bits per heavy atom. The van der Waals surface area contributed by atoms with Gasteiger partial charge in [-0.2, -0.15) is 0 Å². The third-order valence-corrected chi connectivity index (χ3v) is 3.98. The van der Waals surface area contributed by atoms with E-state index in [-0.39, 0.29) is 0 Å². The highest BCUT2D eigenvalue weighted by molar-refractivity contribution is 4.75. The van der Waals surface area contributed by atoms with Crippen molar-refractivity contribution in [3.05, 3.63) is 0 Å². The Balaban J connectivity index is 2.10. The van der Waals surface area contributed by atoms with Gasteiger partial charge in [0.2, 0.25) is 0 Å². The van der Waals surface area contributed by atoms with Crippen molar-refractivity contribution in [3.8, 4) is 0 Å². The maximum atomic E-state index is 3.65. The van der Waals surface area contributed by atoms with Gasteiger partial charge in [0.1, 0.15) is 0 Å². The van der Waals surface area contributed by atoms with E-state index in [2.05, 4.69) is 42.8 Å². The maximum Gasteiger partial charge on any atom is 0.0113 e. The van der Waals surface area contributed by atoms with E-state index in [9.17, 15) is 0 Å². The van der Waals surface area contributed by atoms with E-state index in [0.29, 0.717) is 12.1 Å². The van der Waals surface area contributed by atoms with Crippen LogP contribution in [-0.4, -0.2) is 61.2 Å². The maximum absolute atomic E-state index is 3.65. The summed E-state index contributed by atoms with van der Waals surface area (Å²) in [6.45, 7) is 16.4. The lowest BCUT2D eigenvalue weighted by atomic mass is 10.2. The molecule has 3 heteroatoms. The van der Waals surface area contributed by atoms with Gasteiger partial charge in [0, 0.05) is 51.4 Å². The summed E-state index contributed by atoms with van der Waals surface area (Å²) < 4.78 is 0. The fourth-order valence-corrected chi connectivity index (χ4v) is 2.51.